The van der Waals surface area contributed by atoms with E-state index >= 15 is 0 Å². The molecule has 0 aliphatic rings. The van der Waals surface area contributed by atoms with Gasteiger partial charge in [0.25, 0.3) is 0 Å². The first kappa shape index (κ1) is 21.1. The Bertz CT molecular complexity index is 1470. The molecule has 3 heterocycles. The second-order valence-electron chi connectivity index (χ2n) is 7.78. The van der Waals surface area contributed by atoms with Crippen LogP contribution in [-0.4, -0.2) is 36.1 Å². The zero-order valence-corrected chi connectivity index (χ0v) is 18.4. The van der Waals surface area contributed by atoms with E-state index in [1.807, 2.05) is 48.7 Å². The van der Waals surface area contributed by atoms with Crippen molar-refractivity contribution >= 4 is 40.7 Å². The molecule has 0 radical (unpaired) electrons. The number of hydrogen-bond acceptors (Lipinski definition) is 9. The van der Waals surface area contributed by atoms with Crippen molar-refractivity contribution in [1.29, 1.82) is 0 Å². The maximum atomic E-state index is 11.2. The van der Waals surface area contributed by atoms with Crippen molar-refractivity contribution in [2.24, 2.45) is 0 Å². The molecule has 0 fully saturated rings. The molecule has 5 aromatic rings. The third kappa shape index (κ3) is 3.90. The van der Waals surface area contributed by atoms with Gasteiger partial charge in [-0.15, -0.1) is 10.2 Å². The van der Waals surface area contributed by atoms with Crippen molar-refractivity contribution in [3.8, 4) is 22.9 Å². The number of carbonyl (C=O) groups excluding carboxylic acids is 1. The van der Waals surface area contributed by atoms with Gasteiger partial charge in [-0.2, -0.15) is 9.97 Å². The number of amides is 1. The van der Waals surface area contributed by atoms with Crippen molar-refractivity contribution < 1.29 is 9.21 Å². The molecule has 0 spiro atoms. The van der Waals surface area contributed by atoms with Gasteiger partial charge < -0.3 is 25.4 Å². The highest BCUT2D eigenvalue weighted by Gasteiger charge is 2.16. The van der Waals surface area contributed by atoms with Crippen molar-refractivity contribution in [1.82, 2.24) is 29.7 Å². The number of nitrogens with two attached hydrogens (primary N) is 1. The van der Waals surface area contributed by atoms with Crippen molar-refractivity contribution in [3.63, 3.8) is 0 Å². The number of nitrogen functional groups attached to an aromatic ring is 1. The zero-order valence-electron chi connectivity index (χ0n) is 18.4. The van der Waals surface area contributed by atoms with Gasteiger partial charge in [0.1, 0.15) is 5.52 Å². The fraction of sp³-hybridized carbons (Fsp3) is 0.130. The maximum Gasteiger partial charge on any atom is 0.248 e. The van der Waals surface area contributed by atoms with Crippen molar-refractivity contribution in [3.05, 3.63) is 54.9 Å². The molecule has 1 amide bonds. The minimum atomic E-state index is 0.138. The predicted molar refractivity (Wildman–Crippen MR) is 128 cm³/mol. The van der Waals surface area contributed by atoms with Gasteiger partial charge in [0.2, 0.25) is 24.1 Å². The molecule has 11 heteroatoms. The maximum absolute atomic E-state index is 11.2. The monoisotopic (exact) mass is 455 g/mol. The summed E-state index contributed by atoms with van der Waals surface area (Å²) in [5, 5.41) is 14.1. The lowest BCUT2D eigenvalue weighted by atomic mass is 10.1. The molecule has 34 heavy (non-hydrogen) atoms. The standard InChI is InChI=1S/C23H21N9O2/c1-13(2)32-11-25-18-19(24)28-23(29-20(18)32)27-17-10-15(8-9-16(17)26-12-33)22-31-30-21(34-22)14-6-4-3-5-7-14/h3-13H,1-2H3,(H,26,33)(H3,24,27,28,29). The summed E-state index contributed by atoms with van der Waals surface area (Å²) in [6.07, 6.45) is 2.27. The molecular formula is C23H21N9O2. The van der Waals surface area contributed by atoms with Gasteiger partial charge in [-0.05, 0) is 44.2 Å². The number of aromatic nitrogens is 6. The van der Waals surface area contributed by atoms with Crippen molar-refractivity contribution in [2.75, 3.05) is 16.4 Å². The zero-order chi connectivity index (χ0) is 23.7. The first-order valence-corrected chi connectivity index (χ1v) is 10.5. The molecule has 0 unspecified atom stereocenters. The second-order valence-corrected chi connectivity index (χ2v) is 7.78. The minimum Gasteiger partial charge on any atom is -0.416 e. The van der Waals surface area contributed by atoms with Gasteiger partial charge in [0.05, 0.1) is 17.7 Å². The smallest absolute Gasteiger partial charge is 0.248 e. The van der Waals surface area contributed by atoms with Crippen LogP contribution in [0.2, 0.25) is 0 Å². The predicted octanol–water partition coefficient (Wildman–Crippen LogP) is 4.02. The highest BCUT2D eigenvalue weighted by Crippen LogP contribution is 2.32. The van der Waals surface area contributed by atoms with E-state index < -0.39 is 0 Å². The second kappa shape index (κ2) is 8.62. The number of benzene rings is 2. The molecule has 11 nitrogen and oxygen atoms in total. The molecule has 0 aliphatic carbocycles. The molecule has 2 aromatic carbocycles. The quantitative estimate of drug-likeness (QED) is 0.309. The van der Waals surface area contributed by atoms with Crippen LogP contribution in [0.3, 0.4) is 0 Å². The molecule has 0 bridgehead atoms. The Balaban J connectivity index is 1.53. The van der Waals surface area contributed by atoms with E-state index in [0.29, 0.717) is 46.3 Å². The lowest BCUT2D eigenvalue weighted by molar-refractivity contribution is -0.105. The summed E-state index contributed by atoms with van der Waals surface area (Å²) < 4.78 is 7.77. The molecule has 5 rings (SSSR count). The van der Waals surface area contributed by atoms with E-state index in [4.69, 9.17) is 10.2 Å². The van der Waals surface area contributed by atoms with Crippen LogP contribution < -0.4 is 16.4 Å². The Kier molecular flexibility index (Phi) is 5.34. The molecule has 0 saturated heterocycles. The van der Waals surface area contributed by atoms with Gasteiger partial charge in [-0.1, -0.05) is 18.2 Å². The summed E-state index contributed by atoms with van der Waals surface area (Å²) in [5.41, 5.74) is 9.77. The molecule has 4 N–H and O–H groups in total. The van der Waals surface area contributed by atoms with Crippen LogP contribution in [0.5, 0.6) is 0 Å². The molecule has 0 saturated carbocycles. The molecule has 0 aliphatic heterocycles. The number of carbonyl (C=O) groups is 1. The Morgan fingerprint density at radius 2 is 1.76 bits per heavy atom. The van der Waals surface area contributed by atoms with Gasteiger partial charge in [-0.25, -0.2) is 4.98 Å². The SMILES string of the molecule is CC(C)n1cnc2c(N)nc(Nc3cc(-c4nnc(-c5ccccc5)o4)ccc3NC=O)nc21. The van der Waals surface area contributed by atoms with E-state index in [2.05, 4.69) is 35.8 Å². The number of anilines is 4. The highest BCUT2D eigenvalue weighted by molar-refractivity contribution is 5.87. The average molecular weight is 455 g/mol. The summed E-state index contributed by atoms with van der Waals surface area (Å²) in [6.45, 7) is 4.05. The molecule has 170 valence electrons. The van der Waals surface area contributed by atoms with Crippen LogP contribution in [0.25, 0.3) is 34.1 Å². The van der Waals surface area contributed by atoms with Gasteiger partial charge >= 0.3 is 0 Å². The largest absolute Gasteiger partial charge is 0.416 e. The van der Waals surface area contributed by atoms with Gasteiger partial charge in [0, 0.05) is 17.2 Å². The van der Waals surface area contributed by atoms with Crippen LogP contribution in [0.1, 0.15) is 19.9 Å². The van der Waals surface area contributed by atoms with Crippen LogP contribution in [0, 0.1) is 0 Å². The van der Waals surface area contributed by atoms with E-state index in [1.165, 1.54) is 0 Å². The number of imidazole rings is 1. The van der Waals surface area contributed by atoms with E-state index in [-0.39, 0.29) is 17.8 Å². The van der Waals surface area contributed by atoms with Crippen LogP contribution in [0.15, 0.2) is 59.3 Å². The number of nitrogens with zero attached hydrogens (tertiary/aromatic N) is 6. The lowest BCUT2D eigenvalue weighted by Gasteiger charge is -2.13. The Labute approximate surface area is 194 Å². The number of nitrogens with one attached hydrogen (secondary N) is 2. The van der Waals surface area contributed by atoms with Crippen molar-refractivity contribution in [2.45, 2.75) is 19.9 Å². The van der Waals surface area contributed by atoms with Crippen LogP contribution in [-0.2, 0) is 4.79 Å². The van der Waals surface area contributed by atoms with Crippen LogP contribution >= 0.6 is 0 Å². The number of hydrogen-bond donors (Lipinski definition) is 3. The first-order valence-electron chi connectivity index (χ1n) is 10.5. The highest BCUT2D eigenvalue weighted by atomic mass is 16.4. The Hall–Kier alpha value is -4.80. The van der Waals surface area contributed by atoms with E-state index in [9.17, 15) is 4.79 Å². The average Bonchev–Trinajstić information content (AvgIpc) is 3.49. The summed E-state index contributed by atoms with van der Waals surface area (Å²) in [6, 6.07) is 14.9. The van der Waals surface area contributed by atoms with E-state index in [1.54, 1.807) is 24.5 Å². The third-order valence-corrected chi connectivity index (χ3v) is 5.18. The normalized spacial score (nSPS) is 11.1. The Morgan fingerprint density at radius 1 is 1.00 bits per heavy atom. The summed E-state index contributed by atoms with van der Waals surface area (Å²) in [5.74, 6) is 1.24. The topological polar surface area (TPSA) is 150 Å². The Morgan fingerprint density at radius 3 is 2.50 bits per heavy atom. The number of rotatable bonds is 7. The minimum absolute atomic E-state index is 0.138. The lowest BCUT2D eigenvalue weighted by Crippen LogP contribution is -2.07. The molecular weight excluding hydrogens is 434 g/mol. The van der Waals surface area contributed by atoms with E-state index in [0.717, 1.165) is 5.56 Å². The van der Waals surface area contributed by atoms with Gasteiger partial charge in [0.15, 0.2) is 11.5 Å². The number of fused-ring (bicyclic) bond motifs is 1. The summed E-state index contributed by atoms with van der Waals surface area (Å²) in [7, 11) is 0. The third-order valence-electron chi connectivity index (χ3n) is 5.18. The fourth-order valence-corrected chi connectivity index (χ4v) is 3.50. The summed E-state index contributed by atoms with van der Waals surface area (Å²) >= 11 is 0. The fourth-order valence-electron chi connectivity index (χ4n) is 3.50. The van der Waals surface area contributed by atoms with Crippen LogP contribution in [0.4, 0.5) is 23.1 Å². The first-order chi connectivity index (χ1) is 16.5. The molecule has 3 aromatic heterocycles. The van der Waals surface area contributed by atoms with Gasteiger partial charge in [-0.3, -0.25) is 4.79 Å². The molecule has 0 atom stereocenters. The summed E-state index contributed by atoms with van der Waals surface area (Å²) in [4.78, 5) is 24.4.